The minimum absolute atomic E-state index is 0.0148. The Balaban J connectivity index is 2.42. The van der Waals surface area contributed by atoms with E-state index in [1.807, 2.05) is 0 Å². The van der Waals surface area contributed by atoms with Crippen molar-refractivity contribution >= 4 is 28.9 Å². The summed E-state index contributed by atoms with van der Waals surface area (Å²) in [6.45, 7) is 0. The van der Waals surface area contributed by atoms with Crippen LogP contribution in [-0.2, 0) is 0 Å². The third kappa shape index (κ3) is 1.97. The monoisotopic (exact) mass is 254 g/mol. The highest BCUT2D eigenvalue weighted by molar-refractivity contribution is 7.17. The molecule has 2 aromatic rings. The topological polar surface area (TPSA) is 120 Å². The van der Waals surface area contributed by atoms with Crippen LogP contribution in [0.2, 0.25) is 0 Å². The summed E-state index contributed by atoms with van der Waals surface area (Å²) in [5.74, 6) is -1.32. The zero-order valence-electron chi connectivity index (χ0n) is 8.25. The number of hydrogen-bond acceptors (Lipinski definition) is 6. The lowest BCUT2D eigenvalue weighted by atomic mass is 10.3. The number of carbonyl (C=O) groups is 1. The van der Waals surface area contributed by atoms with Crippen LogP contribution < -0.4 is 5.73 Å². The molecule has 0 saturated carbocycles. The van der Waals surface area contributed by atoms with Crippen LogP contribution in [0.4, 0.5) is 11.6 Å². The molecular formula is C9H6N2O5S. The summed E-state index contributed by atoms with van der Waals surface area (Å²) in [6, 6.07) is 4.01. The molecule has 0 aliphatic carbocycles. The summed E-state index contributed by atoms with van der Waals surface area (Å²) in [7, 11) is 0. The van der Waals surface area contributed by atoms with E-state index < -0.39 is 16.8 Å². The van der Waals surface area contributed by atoms with Crippen molar-refractivity contribution in [1.82, 2.24) is 0 Å². The Morgan fingerprint density at radius 1 is 1.53 bits per heavy atom. The Labute approximate surface area is 98.2 Å². The van der Waals surface area contributed by atoms with Crippen molar-refractivity contribution < 1.29 is 19.2 Å². The van der Waals surface area contributed by atoms with E-state index in [0.29, 0.717) is 4.88 Å². The van der Waals surface area contributed by atoms with E-state index in [-0.39, 0.29) is 16.3 Å². The van der Waals surface area contributed by atoms with Crippen LogP contribution in [0.5, 0.6) is 0 Å². The number of nitrogens with two attached hydrogens (primary N) is 1. The number of nitro groups is 1. The quantitative estimate of drug-likeness (QED) is 0.639. The minimum atomic E-state index is -1.14. The first kappa shape index (κ1) is 11.1. The summed E-state index contributed by atoms with van der Waals surface area (Å²) in [5.41, 5.74) is 5.61. The second-order valence-electron chi connectivity index (χ2n) is 3.10. The largest absolute Gasteiger partial charge is 0.477 e. The van der Waals surface area contributed by atoms with Crippen LogP contribution in [0.1, 0.15) is 9.67 Å². The third-order valence-electron chi connectivity index (χ3n) is 1.97. The Morgan fingerprint density at radius 2 is 2.24 bits per heavy atom. The van der Waals surface area contributed by atoms with Gasteiger partial charge in [-0.15, -0.1) is 11.3 Å². The first-order valence-electron chi connectivity index (χ1n) is 4.36. The van der Waals surface area contributed by atoms with Gasteiger partial charge in [-0.25, -0.2) is 4.79 Å². The smallest absolute Gasteiger partial charge is 0.433 e. The first-order valence-corrected chi connectivity index (χ1v) is 5.18. The second-order valence-corrected chi connectivity index (χ2v) is 4.15. The Morgan fingerprint density at radius 3 is 2.71 bits per heavy atom. The van der Waals surface area contributed by atoms with Crippen molar-refractivity contribution in [2.45, 2.75) is 0 Å². The van der Waals surface area contributed by atoms with Gasteiger partial charge in [0.05, 0.1) is 16.6 Å². The van der Waals surface area contributed by atoms with Crippen molar-refractivity contribution in [1.29, 1.82) is 0 Å². The van der Waals surface area contributed by atoms with Gasteiger partial charge in [-0.1, -0.05) is 0 Å². The van der Waals surface area contributed by atoms with Gasteiger partial charge in [0, 0.05) is 0 Å². The fraction of sp³-hybridized carbons (Fsp3) is 0. The number of nitrogens with zero attached hydrogens (tertiary/aromatic N) is 1. The molecule has 0 aliphatic heterocycles. The molecular weight excluding hydrogens is 248 g/mol. The number of anilines is 1. The van der Waals surface area contributed by atoms with E-state index in [1.54, 1.807) is 0 Å². The highest BCUT2D eigenvalue weighted by Gasteiger charge is 2.18. The first-order chi connectivity index (χ1) is 7.99. The lowest BCUT2D eigenvalue weighted by molar-refractivity contribution is -0.401. The fourth-order valence-corrected chi connectivity index (χ4v) is 2.13. The summed E-state index contributed by atoms with van der Waals surface area (Å²) in [6.07, 6.45) is 0. The molecule has 0 fully saturated rings. The Kier molecular flexibility index (Phi) is 2.56. The van der Waals surface area contributed by atoms with Crippen LogP contribution in [0.25, 0.3) is 10.6 Å². The van der Waals surface area contributed by atoms with E-state index in [0.717, 1.165) is 11.3 Å². The molecule has 0 aliphatic rings. The average molecular weight is 254 g/mol. The van der Waals surface area contributed by atoms with Gasteiger partial charge in [0.15, 0.2) is 5.76 Å². The average Bonchev–Trinajstić information content (AvgIpc) is 2.82. The Hall–Kier alpha value is -2.35. The van der Waals surface area contributed by atoms with Gasteiger partial charge in [-0.05, 0) is 12.1 Å². The number of carboxylic acid groups (broad SMARTS) is 1. The standard InChI is InChI=1S/C9H6N2O5S/c10-4-3-6(17-8(4)9(12)13)5-1-2-7(16-5)11(14)15/h1-3H,10H2,(H,12,13). The zero-order chi connectivity index (χ0) is 12.6. The summed E-state index contributed by atoms with van der Waals surface area (Å²) in [5, 5.41) is 19.2. The van der Waals surface area contributed by atoms with Crippen molar-refractivity contribution in [2.24, 2.45) is 0 Å². The van der Waals surface area contributed by atoms with E-state index >= 15 is 0 Å². The lowest BCUT2D eigenvalue weighted by Gasteiger charge is -1.87. The highest BCUT2D eigenvalue weighted by atomic mass is 32.1. The number of rotatable bonds is 3. The maximum Gasteiger partial charge on any atom is 0.433 e. The molecule has 0 radical (unpaired) electrons. The van der Waals surface area contributed by atoms with Gasteiger partial charge >= 0.3 is 11.9 Å². The normalized spacial score (nSPS) is 10.4. The third-order valence-corrected chi connectivity index (χ3v) is 3.12. The minimum Gasteiger partial charge on any atom is -0.477 e. The van der Waals surface area contributed by atoms with Gasteiger partial charge in [0.1, 0.15) is 9.80 Å². The molecule has 0 bridgehead atoms. The van der Waals surface area contributed by atoms with Crippen LogP contribution in [0, 0.1) is 10.1 Å². The molecule has 0 spiro atoms. The predicted molar refractivity (Wildman–Crippen MR) is 60.0 cm³/mol. The van der Waals surface area contributed by atoms with Crippen LogP contribution >= 0.6 is 11.3 Å². The van der Waals surface area contributed by atoms with Gasteiger partial charge in [-0.2, -0.15) is 0 Å². The predicted octanol–water partition coefficient (Wildman–Crippen LogP) is 2.20. The Bertz CT molecular complexity index is 600. The van der Waals surface area contributed by atoms with Crippen molar-refractivity contribution in [3.05, 3.63) is 33.2 Å². The number of thiophene rings is 1. The van der Waals surface area contributed by atoms with Crippen LogP contribution in [0.15, 0.2) is 22.6 Å². The molecule has 2 aromatic heterocycles. The lowest BCUT2D eigenvalue weighted by Crippen LogP contribution is -1.96. The molecule has 0 amide bonds. The van der Waals surface area contributed by atoms with Crippen molar-refractivity contribution in [2.75, 3.05) is 5.73 Å². The van der Waals surface area contributed by atoms with E-state index in [1.165, 1.54) is 18.2 Å². The van der Waals surface area contributed by atoms with Crippen LogP contribution in [-0.4, -0.2) is 16.0 Å². The molecule has 0 unspecified atom stereocenters. The van der Waals surface area contributed by atoms with Gasteiger partial charge in [-0.3, -0.25) is 10.1 Å². The molecule has 3 N–H and O–H groups in total. The van der Waals surface area contributed by atoms with Crippen LogP contribution in [0.3, 0.4) is 0 Å². The molecule has 88 valence electrons. The number of carboxylic acids is 1. The molecule has 2 heterocycles. The molecule has 0 saturated heterocycles. The molecule has 0 atom stereocenters. The number of nitrogen functional groups attached to an aromatic ring is 1. The zero-order valence-corrected chi connectivity index (χ0v) is 9.06. The van der Waals surface area contributed by atoms with Gasteiger partial charge in [0.2, 0.25) is 0 Å². The molecule has 7 nitrogen and oxygen atoms in total. The molecule has 0 aromatic carbocycles. The van der Waals surface area contributed by atoms with Crippen molar-refractivity contribution in [3.63, 3.8) is 0 Å². The SMILES string of the molecule is Nc1cc(-c2ccc([N+](=O)[O-])o2)sc1C(=O)O. The number of hydrogen-bond donors (Lipinski definition) is 2. The van der Waals surface area contributed by atoms with Gasteiger partial charge in [0.25, 0.3) is 0 Å². The van der Waals surface area contributed by atoms with E-state index in [9.17, 15) is 14.9 Å². The summed E-state index contributed by atoms with van der Waals surface area (Å²) < 4.78 is 4.94. The number of aromatic carboxylic acids is 1. The molecule has 2 rings (SSSR count). The van der Waals surface area contributed by atoms with Crippen molar-refractivity contribution in [3.8, 4) is 10.6 Å². The number of furan rings is 1. The second kappa shape index (κ2) is 3.91. The summed E-state index contributed by atoms with van der Waals surface area (Å²) in [4.78, 5) is 20.9. The van der Waals surface area contributed by atoms with Gasteiger partial charge < -0.3 is 15.3 Å². The maximum atomic E-state index is 10.8. The molecule has 17 heavy (non-hydrogen) atoms. The maximum absolute atomic E-state index is 10.8. The fourth-order valence-electron chi connectivity index (χ4n) is 1.25. The van der Waals surface area contributed by atoms with E-state index in [2.05, 4.69) is 0 Å². The highest BCUT2D eigenvalue weighted by Crippen LogP contribution is 2.35. The summed E-state index contributed by atoms with van der Waals surface area (Å²) >= 11 is 0.905. The van der Waals surface area contributed by atoms with E-state index in [4.69, 9.17) is 15.3 Å². The molecule has 8 heteroatoms.